The van der Waals surface area contributed by atoms with Gasteiger partial charge in [-0.2, -0.15) is 0 Å². The molecule has 0 aromatic heterocycles. The summed E-state index contributed by atoms with van der Waals surface area (Å²) in [5.41, 5.74) is -0.556. The molecule has 0 aliphatic rings. The zero-order valence-electron chi connectivity index (χ0n) is 16.5. The van der Waals surface area contributed by atoms with Crippen LogP contribution >= 0.6 is 15.2 Å². The van der Waals surface area contributed by atoms with E-state index in [0.29, 0.717) is 6.08 Å². The Bertz CT molecular complexity index is 566. The van der Waals surface area contributed by atoms with Crippen molar-refractivity contribution < 1.29 is 46.3 Å². The molecule has 0 saturated heterocycles. The van der Waals surface area contributed by atoms with Gasteiger partial charge in [0.15, 0.2) is 5.40 Å². The highest BCUT2D eigenvalue weighted by Gasteiger charge is 2.55. The van der Waals surface area contributed by atoms with Crippen LogP contribution in [-0.2, 0) is 46.3 Å². The van der Waals surface area contributed by atoms with Crippen molar-refractivity contribution >= 4 is 27.1 Å². The molecule has 0 aliphatic carbocycles. The van der Waals surface area contributed by atoms with Gasteiger partial charge in [-0.1, -0.05) is 0 Å². The van der Waals surface area contributed by atoms with Crippen molar-refractivity contribution in [2.45, 2.75) is 33.1 Å². The average molecular weight is 430 g/mol. The van der Waals surface area contributed by atoms with E-state index in [-0.39, 0.29) is 26.4 Å². The lowest BCUT2D eigenvalue weighted by Gasteiger charge is -2.31. The van der Waals surface area contributed by atoms with Crippen molar-refractivity contribution in [3.05, 3.63) is 11.6 Å². The SMILES string of the molecule is CCOP(=O)(OCC)C(C(=CC(=O)OC)C(=O)OC)P(=O)(OCC)OCC. The van der Waals surface area contributed by atoms with Crippen LogP contribution in [0.5, 0.6) is 0 Å². The smallest absolute Gasteiger partial charge is 0.350 e. The topological polar surface area (TPSA) is 124 Å². The maximum absolute atomic E-state index is 13.5. The van der Waals surface area contributed by atoms with E-state index >= 15 is 0 Å². The van der Waals surface area contributed by atoms with E-state index in [1.807, 2.05) is 0 Å². The summed E-state index contributed by atoms with van der Waals surface area (Å²) in [5.74, 6) is -2.04. The minimum Gasteiger partial charge on any atom is -0.466 e. The number of hydrogen-bond donors (Lipinski definition) is 0. The second-order valence-electron chi connectivity index (χ2n) is 4.74. The fourth-order valence-corrected chi connectivity index (χ4v) is 7.51. The van der Waals surface area contributed by atoms with Gasteiger partial charge >= 0.3 is 27.1 Å². The van der Waals surface area contributed by atoms with Gasteiger partial charge in [-0.15, -0.1) is 0 Å². The third-order valence-electron chi connectivity index (χ3n) is 3.01. The predicted octanol–water partition coefficient (Wildman–Crippen LogP) is 3.12. The number of rotatable bonds is 13. The minimum absolute atomic E-state index is 0.0846. The molecule has 0 amide bonds. The van der Waals surface area contributed by atoms with Gasteiger partial charge in [-0.3, -0.25) is 9.13 Å². The normalized spacial score (nSPS) is 12.9. The molecule has 0 fully saturated rings. The fourth-order valence-electron chi connectivity index (χ4n) is 2.13. The van der Waals surface area contributed by atoms with Gasteiger partial charge in [0, 0.05) is 6.08 Å². The number of carbonyl (C=O) groups excluding carboxylic acids is 2. The van der Waals surface area contributed by atoms with Crippen LogP contribution in [0.15, 0.2) is 11.6 Å². The Morgan fingerprint density at radius 1 is 0.778 bits per heavy atom. The molecule has 0 heterocycles. The number of carbonyl (C=O) groups is 2. The minimum atomic E-state index is -4.29. The molecule has 0 rings (SSSR count). The lowest BCUT2D eigenvalue weighted by Crippen LogP contribution is -2.26. The van der Waals surface area contributed by atoms with E-state index < -0.39 is 38.1 Å². The Balaban J connectivity index is 6.81. The molecule has 0 spiro atoms. The van der Waals surface area contributed by atoms with Crippen LogP contribution in [0.1, 0.15) is 27.7 Å². The lowest BCUT2D eigenvalue weighted by molar-refractivity contribution is -0.138. The Kier molecular flexibility index (Phi) is 12.0. The zero-order chi connectivity index (χ0) is 21.1. The van der Waals surface area contributed by atoms with Crippen LogP contribution in [0.2, 0.25) is 0 Å². The quantitative estimate of drug-likeness (QED) is 0.244. The summed E-state index contributed by atoms with van der Waals surface area (Å²) >= 11 is 0. The average Bonchev–Trinajstić information content (AvgIpc) is 2.60. The highest BCUT2D eigenvalue weighted by Crippen LogP contribution is 2.72. The van der Waals surface area contributed by atoms with Gasteiger partial charge in [-0.25, -0.2) is 9.59 Å². The van der Waals surface area contributed by atoms with Crippen LogP contribution in [0, 0.1) is 0 Å². The summed E-state index contributed by atoms with van der Waals surface area (Å²) in [5, 5.41) is -1.84. The molecule has 0 aromatic rings. The molecule has 0 N–H and O–H groups in total. The molecule has 158 valence electrons. The first-order valence-electron chi connectivity index (χ1n) is 8.34. The van der Waals surface area contributed by atoms with Gasteiger partial charge in [0.1, 0.15) is 0 Å². The van der Waals surface area contributed by atoms with Crippen molar-refractivity contribution in [3.63, 3.8) is 0 Å². The maximum atomic E-state index is 13.5. The van der Waals surface area contributed by atoms with E-state index in [9.17, 15) is 18.7 Å². The molecule has 0 aliphatic heterocycles. The first-order valence-corrected chi connectivity index (χ1v) is 11.6. The zero-order valence-corrected chi connectivity index (χ0v) is 18.2. The molecule has 10 nitrogen and oxygen atoms in total. The van der Waals surface area contributed by atoms with Crippen molar-refractivity contribution in [3.8, 4) is 0 Å². The number of ether oxygens (including phenoxy) is 2. The maximum Gasteiger partial charge on any atom is 0.350 e. The molecule has 0 unspecified atom stereocenters. The second-order valence-corrected chi connectivity index (χ2v) is 9.37. The van der Waals surface area contributed by atoms with Gasteiger partial charge < -0.3 is 27.6 Å². The first-order chi connectivity index (χ1) is 12.7. The highest BCUT2D eigenvalue weighted by molar-refractivity contribution is 7.73. The van der Waals surface area contributed by atoms with E-state index in [2.05, 4.69) is 9.47 Å². The Labute approximate surface area is 159 Å². The Morgan fingerprint density at radius 3 is 1.41 bits per heavy atom. The third kappa shape index (κ3) is 7.14. The number of esters is 2. The molecule has 0 atom stereocenters. The summed E-state index contributed by atoms with van der Waals surface area (Å²) in [6, 6.07) is 0. The lowest BCUT2D eigenvalue weighted by atomic mass is 10.3. The van der Waals surface area contributed by atoms with Crippen molar-refractivity contribution in [1.82, 2.24) is 0 Å². The molecule has 0 radical (unpaired) electrons. The first kappa shape index (κ1) is 26.0. The summed E-state index contributed by atoms with van der Waals surface area (Å²) in [4.78, 5) is 24.1. The van der Waals surface area contributed by atoms with Crippen LogP contribution in [0.25, 0.3) is 0 Å². The molecule has 27 heavy (non-hydrogen) atoms. The standard InChI is InChI=1S/C15H28O10P2/c1-7-22-26(18,23-8-2)15(27(19,24-9-3)25-10-4)12(14(17)21-6)11-13(16)20-5/h11,15H,7-10H2,1-6H3. The summed E-state index contributed by atoms with van der Waals surface area (Å²) < 4.78 is 57.2. The van der Waals surface area contributed by atoms with Crippen LogP contribution in [-0.4, -0.2) is 58.0 Å². The Morgan fingerprint density at radius 2 is 1.15 bits per heavy atom. The number of methoxy groups -OCH3 is 2. The fraction of sp³-hybridized carbons (Fsp3) is 0.733. The van der Waals surface area contributed by atoms with Crippen molar-refractivity contribution in [2.75, 3.05) is 40.6 Å². The Hall–Kier alpha value is -1.02. The largest absolute Gasteiger partial charge is 0.466 e. The molecule has 0 bridgehead atoms. The molecule has 0 aromatic carbocycles. The van der Waals surface area contributed by atoms with E-state index in [4.69, 9.17) is 18.1 Å². The number of hydrogen-bond acceptors (Lipinski definition) is 10. The van der Waals surface area contributed by atoms with Gasteiger partial charge in [0.2, 0.25) is 0 Å². The van der Waals surface area contributed by atoms with Crippen molar-refractivity contribution in [2.24, 2.45) is 0 Å². The van der Waals surface area contributed by atoms with E-state index in [1.165, 1.54) is 27.7 Å². The second kappa shape index (κ2) is 12.4. The molecular weight excluding hydrogens is 402 g/mol. The third-order valence-corrected chi connectivity index (χ3v) is 8.93. The van der Waals surface area contributed by atoms with Crippen LogP contribution in [0.3, 0.4) is 0 Å². The van der Waals surface area contributed by atoms with Gasteiger partial charge in [-0.05, 0) is 27.7 Å². The summed E-state index contributed by atoms with van der Waals surface area (Å²) in [6.07, 6.45) is 0.714. The van der Waals surface area contributed by atoms with E-state index in [0.717, 1.165) is 14.2 Å². The monoisotopic (exact) mass is 430 g/mol. The van der Waals surface area contributed by atoms with Crippen LogP contribution in [0.4, 0.5) is 0 Å². The van der Waals surface area contributed by atoms with E-state index in [1.54, 1.807) is 0 Å². The highest BCUT2D eigenvalue weighted by atomic mass is 31.2. The summed E-state index contributed by atoms with van der Waals surface area (Å²) in [7, 11) is -6.45. The molecule has 0 saturated carbocycles. The molecule has 12 heteroatoms. The predicted molar refractivity (Wildman–Crippen MR) is 97.6 cm³/mol. The molecular formula is C15H28O10P2. The summed E-state index contributed by atoms with van der Waals surface area (Å²) in [6.45, 7) is 5.82. The van der Waals surface area contributed by atoms with Gasteiger partial charge in [0.25, 0.3) is 0 Å². The van der Waals surface area contributed by atoms with Crippen molar-refractivity contribution in [1.29, 1.82) is 0 Å². The van der Waals surface area contributed by atoms with Crippen LogP contribution < -0.4 is 0 Å². The van der Waals surface area contributed by atoms with Gasteiger partial charge in [0.05, 0.1) is 46.2 Å².